The maximum Gasteiger partial charge on any atom is 0.321 e. The van der Waals surface area contributed by atoms with Crippen LogP contribution in [0.4, 0.5) is 10.5 Å². The van der Waals surface area contributed by atoms with E-state index in [4.69, 9.17) is 4.74 Å². The van der Waals surface area contributed by atoms with Crippen LogP contribution in [-0.2, 0) is 4.74 Å². The number of carbonyl (C=O) groups is 1. The minimum atomic E-state index is -0.0548. The number of urea groups is 1. The van der Waals surface area contributed by atoms with Crippen LogP contribution in [0.3, 0.4) is 0 Å². The molecule has 0 bridgehead atoms. The highest BCUT2D eigenvalue weighted by molar-refractivity contribution is 5.89. The Hall–Kier alpha value is -1.59. The largest absolute Gasteiger partial charge is 0.378 e. The molecule has 1 unspecified atom stereocenters. The van der Waals surface area contributed by atoms with Crippen molar-refractivity contribution in [2.24, 2.45) is 0 Å². The lowest BCUT2D eigenvalue weighted by molar-refractivity contribution is 0.0564. The summed E-state index contributed by atoms with van der Waals surface area (Å²) in [6.45, 7) is 7.71. The lowest BCUT2D eigenvalue weighted by atomic mass is 10.1. The van der Waals surface area contributed by atoms with Crippen LogP contribution >= 0.6 is 0 Å². The maximum absolute atomic E-state index is 12.0. The molecule has 0 radical (unpaired) electrons. The second-order valence-corrected chi connectivity index (χ2v) is 4.93. The highest BCUT2D eigenvalue weighted by Gasteiger charge is 2.16. The highest BCUT2D eigenvalue weighted by atomic mass is 16.5. The average Bonchev–Trinajstić information content (AvgIpc) is 2.49. The fourth-order valence-electron chi connectivity index (χ4n) is 2.25. The Morgan fingerprint density at radius 1 is 1.30 bits per heavy atom. The second-order valence-electron chi connectivity index (χ2n) is 4.93. The van der Waals surface area contributed by atoms with Crippen molar-refractivity contribution in [1.82, 2.24) is 10.2 Å². The van der Waals surface area contributed by atoms with E-state index in [1.165, 1.54) is 5.56 Å². The summed E-state index contributed by atoms with van der Waals surface area (Å²) >= 11 is 0. The summed E-state index contributed by atoms with van der Waals surface area (Å²) < 4.78 is 5.24. The van der Waals surface area contributed by atoms with Gasteiger partial charge in [0.05, 0.1) is 13.2 Å². The second kappa shape index (κ2) is 7.26. The van der Waals surface area contributed by atoms with Crippen LogP contribution in [-0.4, -0.2) is 43.8 Å². The normalized spacial score (nSPS) is 16.8. The Kier molecular flexibility index (Phi) is 5.38. The first kappa shape index (κ1) is 14.8. The molecule has 1 saturated heterocycles. The summed E-state index contributed by atoms with van der Waals surface area (Å²) in [5.41, 5.74) is 2.05. The predicted molar refractivity (Wildman–Crippen MR) is 79.9 cm³/mol. The van der Waals surface area contributed by atoms with Crippen molar-refractivity contribution in [1.29, 1.82) is 0 Å². The zero-order chi connectivity index (χ0) is 14.4. The van der Waals surface area contributed by atoms with Crippen molar-refractivity contribution in [2.75, 3.05) is 38.2 Å². The third-order valence-corrected chi connectivity index (χ3v) is 3.47. The minimum absolute atomic E-state index is 0.0548. The van der Waals surface area contributed by atoms with Crippen molar-refractivity contribution in [3.63, 3.8) is 0 Å². The SMILES string of the molecule is CCNC(C)c1ccc(NC(=O)N2CCOCC2)cc1. The average molecular weight is 277 g/mol. The molecule has 5 heteroatoms. The minimum Gasteiger partial charge on any atom is -0.378 e. The molecule has 2 rings (SSSR count). The van der Waals surface area contributed by atoms with Gasteiger partial charge in [-0.05, 0) is 31.2 Å². The van der Waals surface area contributed by atoms with E-state index in [1.54, 1.807) is 4.90 Å². The fraction of sp³-hybridized carbons (Fsp3) is 0.533. The van der Waals surface area contributed by atoms with E-state index in [-0.39, 0.29) is 6.03 Å². The number of ether oxygens (including phenoxy) is 1. The molecule has 0 spiro atoms. The monoisotopic (exact) mass is 277 g/mol. The van der Waals surface area contributed by atoms with Gasteiger partial charge in [-0.1, -0.05) is 19.1 Å². The number of nitrogens with zero attached hydrogens (tertiary/aromatic N) is 1. The van der Waals surface area contributed by atoms with E-state index in [0.29, 0.717) is 32.3 Å². The van der Waals surface area contributed by atoms with Crippen molar-refractivity contribution < 1.29 is 9.53 Å². The Morgan fingerprint density at radius 2 is 1.95 bits per heavy atom. The summed E-state index contributed by atoms with van der Waals surface area (Å²) in [5, 5.41) is 6.29. The standard InChI is InChI=1S/C15H23N3O2/c1-3-16-12(2)13-4-6-14(7-5-13)17-15(19)18-8-10-20-11-9-18/h4-7,12,16H,3,8-11H2,1-2H3,(H,17,19). The van der Waals surface area contributed by atoms with Gasteiger partial charge in [-0.2, -0.15) is 0 Å². The third kappa shape index (κ3) is 3.95. The highest BCUT2D eigenvalue weighted by Crippen LogP contribution is 2.16. The Bertz CT molecular complexity index is 427. The molecule has 0 saturated carbocycles. The van der Waals surface area contributed by atoms with Crippen LogP contribution in [0.25, 0.3) is 0 Å². The smallest absolute Gasteiger partial charge is 0.321 e. The molecule has 0 aromatic heterocycles. The molecule has 1 fully saturated rings. The van der Waals surface area contributed by atoms with Crippen LogP contribution in [0.5, 0.6) is 0 Å². The Balaban J connectivity index is 1.91. The molecule has 1 aromatic rings. The molecule has 5 nitrogen and oxygen atoms in total. The van der Waals surface area contributed by atoms with Crippen LogP contribution < -0.4 is 10.6 Å². The molecule has 110 valence electrons. The first-order valence-corrected chi connectivity index (χ1v) is 7.17. The summed E-state index contributed by atoms with van der Waals surface area (Å²) in [6, 6.07) is 8.25. The third-order valence-electron chi connectivity index (χ3n) is 3.47. The van der Waals surface area contributed by atoms with Gasteiger partial charge in [0.15, 0.2) is 0 Å². The van der Waals surface area contributed by atoms with Crippen molar-refractivity contribution in [3.8, 4) is 0 Å². The van der Waals surface area contributed by atoms with Gasteiger partial charge in [0.2, 0.25) is 0 Å². The molecule has 1 aromatic carbocycles. The van der Waals surface area contributed by atoms with Gasteiger partial charge in [0, 0.05) is 24.8 Å². The number of benzene rings is 1. The first-order chi connectivity index (χ1) is 9.70. The van der Waals surface area contributed by atoms with E-state index in [0.717, 1.165) is 12.2 Å². The molecule has 1 atom stereocenters. The number of hydrogen-bond donors (Lipinski definition) is 2. The van der Waals surface area contributed by atoms with Crippen LogP contribution in [0.2, 0.25) is 0 Å². The lowest BCUT2D eigenvalue weighted by Gasteiger charge is -2.27. The molecule has 2 N–H and O–H groups in total. The first-order valence-electron chi connectivity index (χ1n) is 7.17. The summed E-state index contributed by atoms with van der Waals surface area (Å²) in [5.74, 6) is 0. The number of nitrogens with one attached hydrogen (secondary N) is 2. The van der Waals surface area contributed by atoms with Crippen molar-refractivity contribution in [3.05, 3.63) is 29.8 Å². The molecule has 1 aliphatic rings. The quantitative estimate of drug-likeness (QED) is 0.887. The summed E-state index contributed by atoms with van der Waals surface area (Å²) in [4.78, 5) is 13.8. The molecule has 1 aliphatic heterocycles. The molecular formula is C15H23N3O2. The van der Waals surface area contributed by atoms with Gasteiger partial charge in [-0.3, -0.25) is 0 Å². The van der Waals surface area contributed by atoms with Crippen LogP contribution in [0.15, 0.2) is 24.3 Å². The summed E-state index contributed by atoms with van der Waals surface area (Å²) in [6.07, 6.45) is 0. The van der Waals surface area contributed by atoms with Crippen molar-refractivity contribution >= 4 is 11.7 Å². The van der Waals surface area contributed by atoms with E-state index in [2.05, 4.69) is 24.5 Å². The van der Waals surface area contributed by atoms with E-state index < -0.39 is 0 Å². The zero-order valence-electron chi connectivity index (χ0n) is 12.2. The topological polar surface area (TPSA) is 53.6 Å². The van der Waals surface area contributed by atoms with Gasteiger partial charge >= 0.3 is 6.03 Å². The van der Waals surface area contributed by atoms with E-state index in [9.17, 15) is 4.79 Å². The Labute approximate surface area is 120 Å². The molecule has 1 heterocycles. The fourth-order valence-corrected chi connectivity index (χ4v) is 2.25. The number of morpholine rings is 1. The van der Waals surface area contributed by atoms with Crippen molar-refractivity contribution in [2.45, 2.75) is 19.9 Å². The van der Waals surface area contributed by atoms with Gasteiger partial charge in [0.25, 0.3) is 0 Å². The number of amides is 2. The van der Waals surface area contributed by atoms with E-state index in [1.807, 2.05) is 24.3 Å². The summed E-state index contributed by atoms with van der Waals surface area (Å²) in [7, 11) is 0. The number of hydrogen-bond acceptors (Lipinski definition) is 3. The molecule has 20 heavy (non-hydrogen) atoms. The van der Waals surface area contributed by atoms with Gasteiger partial charge in [0.1, 0.15) is 0 Å². The number of rotatable bonds is 4. The van der Waals surface area contributed by atoms with Crippen LogP contribution in [0, 0.1) is 0 Å². The zero-order valence-corrected chi connectivity index (χ0v) is 12.2. The van der Waals surface area contributed by atoms with Gasteiger partial charge < -0.3 is 20.3 Å². The molecule has 2 amide bonds. The molecular weight excluding hydrogens is 254 g/mol. The predicted octanol–water partition coefficient (Wildman–Crippen LogP) is 2.22. The number of carbonyl (C=O) groups excluding carboxylic acids is 1. The maximum atomic E-state index is 12.0. The number of anilines is 1. The lowest BCUT2D eigenvalue weighted by Crippen LogP contribution is -2.43. The Morgan fingerprint density at radius 3 is 2.55 bits per heavy atom. The molecule has 0 aliphatic carbocycles. The van der Waals surface area contributed by atoms with Gasteiger partial charge in [-0.15, -0.1) is 0 Å². The van der Waals surface area contributed by atoms with E-state index >= 15 is 0 Å². The van der Waals surface area contributed by atoms with Gasteiger partial charge in [-0.25, -0.2) is 4.79 Å². The van der Waals surface area contributed by atoms with Crippen LogP contribution in [0.1, 0.15) is 25.5 Å².